The van der Waals surface area contributed by atoms with Gasteiger partial charge in [0.2, 0.25) is 0 Å². The third-order valence-corrected chi connectivity index (χ3v) is 7.01. The molecule has 2 aromatic rings. The molecule has 3 rings (SSSR count). The summed E-state index contributed by atoms with van der Waals surface area (Å²) in [5.74, 6) is 0.310. The first-order chi connectivity index (χ1) is 12.8. The van der Waals surface area contributed by atoms with Crippen molar-refractivity contribution in [2.75, 3.05) is 11.9 Å². The Morgan fingerprint density at radius 3 is 2.41 bits per heavy atom. The summed E-state index contributed by atoms with van der Waals surface area (Å²) in [4.78, 5) is 12.5. The second kappa shape index (κ2) is 8.13. The van der Waals surface area contributed by atoms with E-state index in [1.165, 1.54) is 6.07 Å². The van der Waals surface area contributed by atoms with Crippen LogP contribution in [-0.2, 0) is 14.6 Å². The van der Waals surface area contributed by atoms with Gasteiger partial charge in [-0.25, -0.2) is 8.42 Å². The van der Waals surface area contributed by atoms with E-state index >= 15 is 0 Å². The molecular formula is C21H25NO4S. The predicted octanol–water partition coefficient (Wildman–Crippen LogP) is 4.04. The maximum absolute atomic E-state index is 12.7. The number of nitrogens with one attached hydrogen (secondary N) is 1. The number of aryl methyl sites for hydroxylation is 2. The van der Waals surface area contributed by atoms with Gasteiger partial charge in [-0.15, -0.1) is 0 Å². The highest BCUT2D eigenvalue weighted by molar-refractivity contribution is 7.92. The van der Waals surface area contributed by atoms with Crippen molar-refractivity contribution in [3.05, 3.63) is 53.6 Å². The minimum atomic E-state index is -3.34. The fourth-order valence-electron chi connectivity index (χ4n) is 3.50. The summed E-state index contributed by atoms with van der Waals surface area (Å²) in [5, 5.41) is 2.41. The largest absolute Gasteiger partial charge is 0.484 e. The van der Waals surface area contributed by atoms with Gasteiger partial charge in [0.25, 0.3) is 5.91 Å². The van der Waals surface area contributed by atoms with E-state index in [1.807, 2.05) is 32.0 Å². The quantitative estimate of drug-likeness (QED) is 0.812. The minimum absolute atomic E-state index is 0.136. The molecule has 1 aliphatic carbocycles. The van der Waals surface area contributed by atoms with Crippen LogP contribution in [0.25, 0.3) is 0 Å². The van der Waals surface area contributed by atoms with Crippen LogP contribution in [0.5, 0.6) is 5.75 Å². The van der Waals surface area contributed by atoms with Crippen molar-refractivity contribution in [3.8, 4) is 5.75 Å². The molecule has 2 aromatic carbocycles. The lowest BCUT2D eigenvalue weighted by atomic mass is 10.1. The van der Waals surface area contributed by atoms with Gasteiger partial charge in [0.05, 0.1) is 10.1 Å². The molecule has 1 aliphatic rings. The minimum Gasteiger partial charge on any atom is -0.484 e. The highest BCUT2D eigenvalue weighted by atomic mass is 32.2. The molecule has 0 heterocycles. The van der Waals surface area contributed by atoms with Crippen molar-refractivity contribution in [1.82, 2.24) is 0 Å². The molecule has 5 nitrogen and oxygen atoms in total. The molecule has 144 valence electrons. The van der Waals surface area contributed by atoms with Gasteiger partial charge < -0.3 is 10.1 Å². The number of hydrogen-bond acceptors (Lipinski definition) is 4. The zero-order valence-electron chi connectivity index (χ0n) is 15.7. The highest BCUT2D eigenvalue weighted by Gasteiger charge is 2.30. The number of sulfone groups is 1. The zero-order chi connectivity index (χ0) is 19.4. The Morgan fingerprint density at radius 2 is 1.74 bits per heavy atom. The summed E-state index contributed by atoms with van der Waals surface area (Å²) in [6.07, 6.45) is 3.33. The van der Waals surface area contributed by atoms with E-state index in [2.05, 4.69) is 5.32 Å². The van der Waals surface area contributed by atoms with Crippen LogP contribution in [0.3, 0.4) is 0 Å². The summed E-state index contributed by atoms with van der Waals surface area (Å²) in [6.45, 7) is 3.80. The lowest BCUT2D eigenvalue weighted by Gasteiger charge is -2.13. The number of anilines is 1. The van der Waals surface area contributed by atoms with Gasteiger partial charge in [0, 0.05) is 5.69 Å². The average molecular weight is 388 g/mol. The van der Waals surface area contributed by atoms with E-state index in [9.17, 15) is 13.2 Å². The van der Waals surface area contributed by atoms with Gasteiger partial charge >= 0.3 is 0 Å². The maximum Gasteiger partial charge on any atom is 0.262 e. The van der Waals surface area contributed by atoms with Gasteiger partial charge in [-0.05, 0) is 68.1 Å². The molecule has 0 aromatic heterocycles. The molecule has 1 saturated carbocycles. The molecular weight excluding hydrogens is 362 g/mol. The van der Waals surface area contributed by atoms with Crippen LogP contribution >= 0.6 is 0 Å². The average Bonchev–Trinajstić information content (AvgIpc) is 3.15. The molecule has 0 saturated heterocycles. The van der Waals surface area contributed by atoms with Gasteiger partial charge in [-0.2, -0.15) is 0 Å². The van der Waals surface area contributed by atoms with Crippen LogP contribution in [-0.4, -0.2) is 26.2 Å². The molecule has 27 heavy (non-hydrogen) atoms. The summed E-state index contributed by atoms with van der Waals surface area (Å²) < 4.78 is 31.0. The van der Waals surface area contributed by atoms with Gasteiger partial charge in [-0.3, -0.25) is 4.79 Å². The van der Waals surface area contributed by atoms with Gasteiger partial charge in [0.1, 0.15) is 5.75 Å². The molecule has 1 fully saturated rings. The SMILES string of the molecule is Cc1cc(C)cc(OCC(=O)Nc2cccc(S(=O)(=O)C3CCCC3)c2)c1. The fourth-order valence-corrected chi connectivity index (χ4v) is 5.40. The van der Waals surface area contributed by atoms with Crippen LogP contribution in [0.15, 0.2) is 47.4 Å². The first-order valence-corrected chi connectivity index (χ1v) is 10.7. The summed E-state index contributed by atoms with van der Waals surface area (Å²) in [6, 6.07) is 12.2. The highest BCUT2D eigenvalue weighted by Crippen LogP contribution is 2.30. The number of hydrogen-bond donors (Lipinski definition) is 1. The molecule has 0 radical (unpaired) electrons. The van der Waals surface area contributed by atoms with E-state index in [4.69, 9.17) is 4.74 Å². The Hall–Kier alpha value is -2.34. The molecule has 0 atom stereocenters. The maximum atomic E-state index is 12.7. The molecule has 0 spiro atoms. The number of benzene rings is 2. The molecule has 6 heteroatoms. The topological polar surface area (TPSA) is 72.5 Å². The number of rotatable bonds is 6. The number of amides is 1. The van der Waals surface area contributed by atoms with Crippen LogP contribution in [0.1, 0.15) is 36.8 Å². The third-order valence-electron chi connectivity index (χ3n) is 4.75. The Labute approximate surface area is 160 Å². The molecule has 1 N–H and O–H groups in total. The van der Waals surface area contributed by atoms with E-state index < -0.39 is 9.84 Å². The van der Waals surface area contributed by atoms with E-state index in [-0.39, 0.29) is 22.7 Å². The van der Waals surface area contributed by atoms with Crippen molar-refractivity contribution in [1.29, 1.82) is 0 Å². The molecule has 0 bridgehead atoms. The van der Waals surface area contributed by atoms with Crippen LogP contribution < -0.4 is 10.1 Å². The van der Waals surface area contributed by atoms with Crippen molar-refractivity contribution >= 4 is 21.4 Å². The van der Waals surface area contributed by atoms with Gasteiger partial charge in [0.15, 0.2) is 16.4 Å². The molecule has 0 aliphatic heterocycles. The second-order valence-electron chi connectivity index (χ2n) is 7.14. The Bertz CT molecular complexity index is 911. The van der Waals surface area contributed by atoms with E-state index in [0.29, 0.717) is 24.3 Å². The second-order valence-corrected chi connectivity index (χ2v) is 9.37. The van der Waals surface area contributed by atoms with Crippen molar-refractivity contribution in [2.24, 2.45) is 0 Å². The lowest BCUT2D eigenvalue weighted by molar-refractivity contribution is -0.118. The zero-order valence-corrected chi connectivity index (χ0v) is 16.5. The van der Waals surface area contributed by atoms with Gasteiger partial charge in [-0.1, -0.05) is 25.0 Å². The van der Waals surface area contributed by atoms with Crippen molar-refractivity contribution in [2.45, 2.75) is 49.7 Å². The lowest BCUT2D eigenvalue weighted by Crippen LogP contribution is -2.21. The number of ether oxygens (including phenoxy) is 1. The Morgan fingerprint density at radius 1 is 1.07 bits per heavy atom. The first-order valence-electron chi connectivity index (χ1n) is 9.19. The van der Waals surface area contributed by atoms with Crippen LogP contribution in [0.2, 0.25) is 0 Å². The summed E-state index contributed by atoms with van der Waals surface area (Å²) >= 11 is 0. The summed E-state index contributed by atoms with van der Waals surface area (Å²) in [5.41, 5.74) is 2.59. The van der Waals surface area contributed by atoms with Crippen LogP contribution in [0, 0.1) is 13.8 Å². The fraction of sp³-hybridized carbons (Fsp3) is 0.381. The Kier molecular flexibility index (Phi) is 5.85. The standard InChI is InChI=1S/C21H25NO4S/c1-15-10-16(2)12-18(11-15)26-14-21(23)22-17-6-5-9-20(13-17)27(24,25)19-7-3-4-8-19/h5-6,9-13,19H,3-4,7-8,14H2,1-2H3,(H,22,23). The van der Waals surface area contributed by atoms with Crippen molar-refractivity contribution < 1.29 is 17.9 Å². The first kappa shape index (κ1) is 19.4. The molecule has 1 amide bonds. The normalized spacial score (nSPS) is 14.9. The van der Waals surface area contributed by atoms with Crippen LogP contribution in [0.4, 0.5) is 5.69 Å². The summed E-state index contributed by atoms with van der Waals surface area (Å²) in [7, 11) is -3.34. The predicted molar refractivity (Wildman–Crippen MR) is 106 cm³/mol. The molecule has 0 unspecified atom stereocenters. The number of carbonyl (C=O) groups is 1. The van der Waals surface area contributed by atoms with Crippen molar-refractivity contribution in [3.63, 3.8) is 0 Å². The smallest absolute Gasteiger partial charge is 0.262 e. The number of carbonyl (C=O) groups excluding carboxylic acids is 1. The van der Waals surface area contributed by atoms with E-state index in [0.717, 1.165) is 24.0 Å². The monoisotopic (exact) mass is 387 g/mol. The van der Waals surface area contributed by atoms with E-state index in [1.54, 1.807) is 18.2 Å². The third kappa shape index (κ3) is 4.89. The Balaban J connectivity index is 1.64.